The number of nitrogens with one attached hydrogen (secondary N) is 1. The fourth-order valence-electron chi connectivity index (χ4n) is 2.30. The molecule has 7 heteroatoms. The fourth-order valence-corrected chi connectivity index (χ4v) is 2.30. The number of aromatic nitrogens is 4. The second kappa shape index (κ2) is 4.82. The highest BCUT2D eigenvalue weighted by molar-refractivity contribution is 5.95. The predicted molar refractivity (Wildman–Crippen MR) is 71.4 cm³/mol. The number of ether oxygens (including phenoxy) is 1. The van der Waals surface area contributed by atoms with Crippen LogP contribution in [0.1, 0.15) is 29.9 Å². The van der Waals surface area contributed by atoms with E-state index in [1.807, 2.05) is 6.92 Å². The van der Waals surface area contributed by atoms with Crippen LogP contribution in [-0.2, 0) is 11.2 Å². The van der Waals surface area contributed by atoms with E-state index in [1.54, 1.807) is 10.7 Å². The highest BCUT2D eigenvalue weighted by atomic mass is 16.5. The number of carbonyl (C=O) groups excluding carboxylic acids is 1. The van der Waals surface area contributed by atoms with E-state index >= 15 is 0 Å². The molecule has 0 aliphatic carbocycles. The van der Waals surface area contributed by atoms with Crippen molar-refractivity contribution in [3.05, 3.63) is 23.8 Å². The molecule has 0 spiro atoms. The molecule has 1 aliphatic heterocycles. The number of carbonyl (C=O) groups is 1. The smallest absolute Gasteiger partial charge is 0.254 e. The first kappa shape index (κ1) is 13.0. The Bertz CT molecular complexity index is 647. The maximum Gasteiger partial charge on any atom is 0.254 e. The summed E-state index contributed by atoms with van der Waals surface area (Å²) in [5.74, 6) is 0.387. The predicted octanol–water partition coefficient (Wildman–Crippen LogP) is 0.453. The number of nitrogens with zero attached hydrogens (tertiary/aromatic N) is 4. The maximum atomic E-state index is 12.3. The van der Waals surface area contributed by atoms with Gasteiger partial charge in [-0.15, -0.1) is 0 Å². The Morgan fingerprint density at radius 1 is 1.50 bits per heavy atom. The highest BCUT2D eigenvalue weighted by Gasteiger charge is 2.33. The van der Waals surface area contributed by atoms with Gasteiger partial charge in [-0.3, -0.25) is 4.79 Å². The molecule has 106 valence electrons. The zero-order chi connectivity index (χ0) is 14.2. The third kappa shape index (κ3) is 2.14. The van der Waals surface area contributed by atoms with Crippen LogP contribution in [-0.4, -0.2) is 45.2 Å². The number of aryl methyl sites for hydroxylation is 1. The van der Waals surface area contributed by atoms with E-state index in [4.69, 9.17) is 4.74 Å². The Kier molecular flexibility index (Phi) is 3.13. The second-order valence-corrected chi connectivity index (χ2v) is 5.43. The molecule has 20 heavy (non-hydrogen) atoms. The number of amides is 1. The molecule has 3 heterocycles. The van der Waals surface area contributed by atoms with Gasteiger partial charge in [-0.25, -0.2) is 9.50 Å². The summed E-state index contributed by atoms with van der Waals surface area (Å²) >= 11 is 0. The third-order valence-corrected chi connectivity index (χ3v) is 3.56. The van der Waals surface area contributed by atoms with E-state index in [1.165, 1.54) is 6.33 Å². The van der Waals surface area contributed by atoms with Crippen LogP contribution in [0.2, 0.25) is 0 Å². The van der Waals surface area contributed by atoms with Gasteiger partial charge >= 0.3 is 0 Å². The molecule has 1 saturated heterocycles. The van der Waals surface area contributed by atoms with E-state index in [0.29, 0.717) is 37.5 Å². The van der Waals surface area contributed by atoms with Gasteiger partial charge in [-0.1, -0.05) is 13.8 Å². The fraction of sp³-hybridized carbons (Fsp3) is 0.538. The third-order valence-electron chi connectivity index (χ3n) is 3.56. The number of fused-ring (bicyclic) bond motifs is 1. The zero-order valence-electron chi connectivity index (χ0n) is 11.6. The average molecular weight is 275 g/mol. The lowest BCUT2D eigenvalue weighted by Crippen LogP contribution is -2.48. The molecule has 0 unspecified atom stereocenters. The summed E-state index contributed by atoms with van der Waals surface area (Å²) in [6, 6.07) is 0. The number of hydrogen-bond donors (Lipinski definition) is 1. The lowest BCUT2D eigenvalue weighted by atomic mass is 9.88. The van der Waals surface area contributed by atoms with E-state index in [2.05, 4.69) is 27.3 Å². The summed E-state index contributed by atoms with van der Waals surface area (Å²) in [7, 11) is 0. The van der Waals surface area contributed by atoms with Crippen LogP contribution >= 0.6 is 0 Å². The Labute approximate surface area is 116 Å². The highest BCUT2D eigenvalue weighted by Crippen LogP contribution is 2.25. The molecular weight excluding hydrogens is 258 g/mol. The van der Waals surface area contributed by atoms with Crippen molar-refractivity contribution in [2.45, 2.75) is 20.3 Å². The van der Waals surface area contributed by atoms with Crippen molar-refractivity contribution in [2.24, 2.45) is 5.41 Å². The summed E-state index contributed by atoms with van der Waals surface area (Å²) in [6.45, 7) is 6.05. The van der Waals surface area contributed by atoms with Crippen molar-refractivity contribution in [1.82, 2.24) is 24.9 Å². The Hall–Kier alpha value is -2.02. The first-order valence-electron chi connectivity index (χ1n) is 6.66. The second-order valence-electron chi connectivity index (χ2n) is 5.43. The first-order chi connectivity index (χ1) is 9.63. The van der Waals surface area contributed by atoms with Crippen molar-refractivity contribution in [3.63, 3.8) is 0 Å². The molecule has 0 radical (unpaired) electrons. The van der Waals surface area contributed by atoms with Gasteiger partial charge in [0.25, 0.3) is 11.7 Å². The van der Waals surface area contributed by atoms with Crippen LogP contribution in [0, 0.1) is 5.41 Å². The monoisotopic (exact) mass is 275 g/mol. The Balaban J connectivity index is 1.83. The van der Waals surface area contributed by atoms with Crippen molar-refractivity contribution >= 4 is 11.7 Å². The van der Waals surface area contributed by atoms with Crippen LogP contribution in [0.5, 0.6) is 0 Å². The standard InChI is InChI=1S/C13H17N5O2/c1-3-10-9(4-14-12-16-8-17-18(10)12)11(19)15-5-13(2)6-20-7-13/h4,8H,3,5-7H2,1-2H3,(H,15,19). The molecular formula is C13H17N5O2. The summed E-state index contributed by atoms with van der Waals surface area (Å²) in [4.78, 5) is 20.5. The molecule has 1 aliphatic rings. The van der Waals surface area contributed by atoms with Gasteiger partial charge in [0, 0.05) is 18.2 Å². The molecule has 1 N–H and O–H groups in total. The molecule has 0 bridgehead atoms. The summed E-state index contributed by atoms with van der Waals surface area (Å²) in [6.07, 6.45) is 3.69. The van der Waals surface area contributed by atoms with Crippen LogP contribution < -0.4 is 5.32 Å². The minimum Gasteiger partial charge on any atom is -0.380 e. The lowest BCUT2D eigenvalue weighted by molar-refractivity contribution is -0.0978. The van der Waals surface area contributed by atoms with Crippen LogP contribution in [0.3, 0.4) is 0 Å². The van der Waals surface area contributed by atoms with Gasteiger partial charge in [-0.05, 0) is 6.42 Å². The van der Waals surface area contributed by atoms with Crippen LogP contribution in [0.15, 0.2) is 12.5 Å². The van der Waals surface area contributed by atoms with E-state index in [-0.39, 0.29) is 11.3 Å². The van der Waals surface area contributed by atoms with Crippen molar-refractivity contribution in [2.75, 3.05) is 19.8 Å². The summed E-state index contributed by atoms with van der Waals surface area (Å²) in [5.41, 5.74) is 1.42. The minimum atomic E-state index is -0.125. The number of hydrogen-bond acceptors (Lipinski definition) is 5. The Morgan fingerprint density at radius 2 is 2.30 bits per heavy atom. The average Bonchev–Trinajstić information content (AvgIpc) is 2.89. The minimum absolute atomic E-state index is 0.0484. The molecule has 1 amide bonds. The van der Waals surface area contributed by atoms with E-state index in [0.717, 1.165) is 5.69 Å². The van der Waals surface area contributed by atoms with Crippen LogP contribution in [0.4, 0.5) is 0 Å². The maximum absolute atomic E-state index is 12.3. The molecule has 0 atom stereocenters. The van der Waals surface area contributed by atoms with Crippen molar-refractivity contribution in [3.8, 4) is 0 Å². The molecule has 2 aromatic rings. The quantitative estimate of drug-likeness (QED) is 0.876. The summed E-state index contributed by atoms with van der Waals surface area (Å²) in [5, 5.41) is 7.06. The van der Waals surface area contributed by atoms with Gasteiger partial charge in [0.1, 0.15) is 6.33 Å². The number of rotatable bonds is 4. The molecule has 2 aromatic heterocycles. The van der Waals surface area contributed by atoms with Gasteiger partial charge in [0.05, 0.1) is 24.5 Å². The molecule has 1 fully saturated rings. The SMILES string of the molecule is CCc1c(C(=O)NCC2(C)COC2)cnc2ncnn12. The van der Waals surface area contributed by atoms with Gasteiger partial charge < -0.3 is 10.1 Å². The zero-order valence-corrected chi connectivity index (χ0v) is 11.6. The van der Waals surface area contributed by atoms with Crippen molar-refractivity contribution < 1.29 is 9.53 Å². The van der Waals surface area contributed by atoms with Crippen molar-refractivity contribution in [1.29, 1.82) is 0 Å². The first-order valence-corrected chi connectivity index (χ1v) is 6.66. The molecule has 0 aromatic carbocycles. The van der Waals surface area contributed by atoms with Gasteiger partial charge in [0.15, 0.2) is 0 Å². The lowest BCUT2D eigenvalue weighted by Gasteiger charge is -2.38. The summed E-state index contributed by atoms with van der Waals surface area (Å²) < 4.78 is 6.80. The molecule has 3 rings (SSSR count). The van der Waals surface area contributed by atoms with E-state index in [9.17, 15) is 4.79 Å². The van der Waals surface area contributed by atoms with Gasteiger partial charge in [-0.2, -0.15) is 10.1 Å². The largest absolute Gasteiger partial charge is 0.380 e. The normalized spacial score (nSPS) is 16.9. The molecule has 0 saturated carbocycles. The molecule has 7 nitrogen and oxygen atoms in total. The van der Waals surface area contributed by atoms with Crippen LogP contribution in [0.25, 0.3) is 5.78 Å². The Morgan fingerprint density at radius 3 is 2.95 bits per heavy atom. The van der Waals surface area contributed by atoms with E-state index < -0.39 is 0 Å². The van der Waals surface area contributed by atoms with Gasteiger partial charge in [0.2, 0.25) is 0 Å². The topological polar surface area (TPSA) is 81.4 Å².